The number of hydrogen-bond acceptors (Lipinski definition) is 4. The lowest BCUT2D eigenvalue weighted by Gasteiger charge is -2.11. The molecule has 37 heavy (non-hydrogen) atoms. The molecule has 1 aromatic heterocycles. The standard InChI is InChI=1S/C31H38BrN3O2/c1-22(2)20-36-26-12-8-24(9-13-26)28-16-17-29(25-10-14-27(15-11-25)37-21-23(3)4)31-30(28)33-35(34-31)19-7-5-6-18-32/h8-17,22-23H,5-7,18-21H2,1-4H3. The molecule has 0 spiro atoms. The average Bonchev–Trinajstić information content (AvgIpc) is 3.33. The molecule has 4 rings (SSSR count). The summed E-state index contributed by atoms with van der Waals surface area (Å²) in [6, 6.07) is 20.9. The Labute approximate surface area is 229 Å². The average molecular weight is 565 g/mol. The van der Waals surface area contributed by atoms with Crippen LogP contribution in [0.2, 0.25) is 0 Å². The molecule has 6 heteroatoms. The van der Waals surface area contributed by atoms with Crippen LogP contribution in [0.4, 0.5) is 0 Å². The number of rotatable bonds is 13. The molecule has 5 nitrogen and oxygen atoms in total. The van der Waals surface area contributed by atoms with Crippen molar-refractivity contribution in [2.75, 3.05) is 18.5 Å². The first-order valence-corrected chi connectivity index (χ1v) is 14.5. The molecule has 0 atom stereocenters. The summed E-state index contributed by atoms with van der Waals surface area (Å²) in [5, 5.41) is 10.9. The maximum atomic E-state index is 5.89. The van der Waals surface area contributed by atoms with E-state index in [0.29, 0.717) is 25.0 Å². The molecule has 3 aromatic carbocycles. The zero-order chi connectivity index (χ0) is 26.2. The van der Waals surface area contributed by atoms with E-state index in [1.54, 1.807) is 0 Å². The van der Waals surface area contributed by atoms with Gasteiger partial charge in [-0.15, -0.1) is 0 Å². The number of unbranched alkanes of at least 4 members (excludes halogenated alkanes) is 2. The van der Waals surface area contributed by atoms with Crippen molar-refractivity contribution >= 4 is 27.0 Å². The molecule has 0 aliphatic carbocycles. The first kappa shape index (κ1) is 27.2. The van der Waals surface area contributed by atoms with E-state index in [9.17, 15) is 0 Å². The Bertz CT molecular complexity index is 1170. The summed E-state index contributed by atoms with van der Waals surface area (Å²) in [6.07, 6.45) is 3.37. The zero-order valence-corrected chi connectivity index (χ0v) is 24.0. The summed E-state index contributed by atoms with van der Waals surface area (Å²) in [5.74, 6) is 2.76. The molecule has 0 fully saturated rings. The van der Waals surface area contributed by atoms with Gasteiger partial charge in [-0.25, -0.2) is 0 Å². The number of ether oxygens (including phenoxy) is 2. The molecule has 0 radical (unpaired) electrons. The number of fused-ring (bicyclic) bond motifs is 1. The molecule has 0 bridgehead atoms. The fraction of sp³-hybridized carbons (Fsp3) is 0.419. The minimum Gasteiger partial charge on any atom is -0.493 e. The Balaban J connectivity index is 1.66. The SMILES string of the molecule is CC(C)COc1ccc(-c2ccc(-c3ccc(OCC(C)C)cc3)c3nn(CCCCCBr)nc23)cc1. The smallest absolute Gasteiger partial charge is 0.121 e. The minimum absolute atomic E-state index is 0.493. The van der Waals surface area contributed by atoms with E-state index in [1.165, 1.54) is 0 Å². The van der Waals surface area contributed by atoms with Gasteiger partial charge in [0.2, 0.25) is 0 Å². The van der Waals surface area contributed by atoms with Crippen LogP contribution in [-0.2, 0) is 6.54 Å². The highest BCUT2D eigenvalue weighted by molar-refractivity contribution is 9.09. The number of halogens is 1. The Kier molecular flexibility index (Phi) is 9.62. The first-order valence-electron chi connectivity index (χ1n) is 13.3. The van der Waals surface area contributed by atoms with Crippen LogP contribution in [0, 0.1) is 11.8 Å². The molecular formula is C31H38BrN3O2. The maximum absolute atomic E-state index is 5.89. The largest absolute Gasteiger partial charge is 0.493 e. The summed E-state index contributed by atoms with van der Waals surface area (Å²) in [6.45, 7) is 10.9. The third kappa shape index (κ3) is 7.35. The lowest BCUT2D eigenvalue weighted by molar-refractivity contribution is 0.271. The van der Waals surface area contributed by atoms with Crippen LogP contribution >= 0.6 is 15.9 Å². The molecule has 0 saturated heterocycles. The second-order valence-electron chi connectivity index (χ2n) is 10.4. The monoisotopic (exact) mass is 563 g/mol. The van der Waals surface area contributed by atoms with E-state index in [2.05, 4.69) is 80.0 Å². The van der Waals surface area contributed by atoms with Crippen molar-refractivity contribution in [1.82, 2.24) is 15.0 Å². The Morgan fingerprint density at radius 1 is 0.649 bits per heavy atom. The van der Waals surface area contributed by atoms with Crippen LogP contribution < -0.4 is 9.47 Å². The fourth-order valence-corrected chi connectivity index (χ4v) is 4.51. The summed E-state index contributed by atoms with van der Waals surface area (Å²) in [4.78, 5) is 1.87. The van der Waals surface area contributed by atoms with E-state index < -0.39 is 0 Å². The van der Waals surface area contributed by atoms with Gasteiger partial charge in [0.1, 0.15) is 22.5 Å². The quantitative estimate of drug-likeness (QED) is 0.121. The number of aryl methyl sites for hydroxylation is 1. The van der Waals surface area contributed by atoms with Crippen LogP contribution in [0.25, 0.3) is 33.3 Å². The molecule has 0 unspecified atom stereocenters. The lowest BCUT2D eigenvalue weighted by atomic mass is 9.98. The molecule has 1 heterocycles. The van der Waals surface area contributed by atoms with Gasteiger partial charge in [0.05, 0.1) is 19.8 Å². The van der Waals surface area contributed by atoms with Crippen LogP contribution in [0.3, 0.4) is 0 Å². The molecule has 0 amide bonds. The molecular weight excluding hydrogens is 526 g/mol. The minimum atomic E-state index is 0.493. The van der Waals surface area contributed by atoms with Gasteiger partial charge < -0.3 is 9.47 Å². The lowest BCUT2D eigenvalue weighted by Crippen LogP contribution is -2.04. The van der Waals surface area contributed by atoms with Crippen molar-refractivity contribution in [3.05, 3.63) is 60.7 Å². The van der Waals surface area contributed by atoms with Crippen LogP contribution in [0.15, 0.2) is 60.7 Å². The molecule has 0 saturated carbocycles. The van der Waals surface area contributed by atoms with Gasteiger partial charge in [-0.2, -0.15) is 15.0 Å². The van der Waals surface area contributed by atoms with E-state index in [4.69, 9.17) is 19.7 Å². The molecule has 0 N–H and O–H groups in total. The Morgan fingerprint density at radius 3 is 1.51 bits per heavy atom. The van der Waals surface area contributed by atoms with Crippen molar-refractivity contribution in [2.24, 2.45) is 11.8 Å². The van der Waals surface area contributed by atoms with E-state index in [-0.39, 0.29) is 0 Å². The highest BCUT2D eigenvalue weighted by Crippen LogP contribution is 2.35. The highest BCUT2D eigenvalue weighted by atomic mass is 79.9. The van der Waals surface area contributed by atoms with E-state index in [1.807, 2.05) is 29.1 Å². The van der Waals surface area contributed by atoms with Crippen molar-refractivity contribution in [3.8, 4) is 33.8 Å². The topological polar surface area (TPSA) is 49.2 Å². The van der Waals surface area contributed by atoms with Gasteiger partial charge in [-0.3, -0.25) is 0 Å². The van der Waals surface area contributed by atoms with E-state index in [0.717, 1.165) is 75.9 Å². The Hall–Kier alpha value is -2.86. The molecule has 0 aliphatic heterocycles. The van der Waals surface area contributed by atoms with Gasteiger partial charge in [0.15, 0.2) is 0 Å². The number of hydrogen-bond donors (Lipinski definition) is 0. The molecule has 196 valence electrons. The number of aromatic nitrogens is 3. The summed E-state index contributed by atoms with van der Waals surface area (Å²) < 4.78 is 11.8. The summed E-state index contributed by atoms with van der Waals surface area (Å²) in [5.41, 5.74) is 6.23. The van der Waals surface area contributed by atoms with Gasteiger partial charge in [0, 0.05) is 16.5 Å². The predicted molar refractivity (Wildman–Crippen MR) is 157 cm³/mol. The van der Waals surface area contributed by atoms with Crippen molar-refractivity contribution < 1.29 is 9.47 Å². The highest BCUT2D eigenvalue weighted by Gasteiger charge is 2.16. The third-order valence-corrected chi connectivity index (χ3v) is 6.63. The van der Waals surface area contributed by atoms with Gasteiger partial charge in [-0.05, 0) is 60.1 Å². The van der Waals surface area contributed by atoms with Crippen LogP contribution in [0.1, 0.15) is 47.0 Å². The number of alkyl halides is 1. The number of nitrogens with zero attached hydrogens (tertiary/aromatic N) is 3. The van der Waals surface area contributed by atoms with Crippen molar-refractivity contribution in [1.29, 1.82) is 0 Å². The summed E-state index contributed by atoms with van der Waals surface area (Å²) >= 11 is 3.52. The normalized spacial score (nSPS) is 11.5. The fourth-order valence-electron chi connectivity index (χ4n) is 4.11. The van der Waals surface area contributed by atoms with E-state index >= 15 is 0 Å². The third-order valence-electron chi connectivity index (χ3n) is 6.07. The molecule has 4 aromatic rings. The summed E-state index contributed by atoms with van der Waals surface area (Å²) in [7, 11) is 0. The van der Waals surface area contributed by atoms with Gasteiger partial charge in [-0.1, -0.05) is 86.4 Å². The number of benzene rings is 3. The van der Waals surface area contributed by atoms with Gasteiger partial charge in [0.25, 0.3) is 0 Å². The molecule has 0 aliphatic rings. The Morgan fingerprint density at radius 2 is 1.11 bits per heavy atom. The predicted octanol–water partition coefficient (Wildman–Crippen LogP) is 8.40. The maximum Gasteiger partial charge on any atom is 0.121 e. The second-order valence-corrected chi connectivity index (χ2v) is 11.2. The zero-order valence-electron chi connectivity index (χ0n) is 22.4. The first-order chi connectivity index (χ1) is 17.9. The van der Waals surface area contributed by atoms with Crippen LogP contribution in [0.5, 0.6) is 11.5 Å². The van der Waals surface area contributed by atoms with Crippen LogP contribution in [-0.4, -0.2) is 33.5 Å². The van der Waals surface area contributed by atoms with Crippen molar-refractivity contribution in [3.63, 3.8) is 0 Å². The van der Waals surface area contributed by atoms with Crippen molar-refractivity contribution in [2.45, 2.75) is 53.5 Å². The van der Waals surface area contributed by atoms with Gasteiger partial charge >= 0.3 is 0 Å². The second kappa shape index (κ2) is 13.1.